The molecule has 4 aromatic rings. The van der Waals surface area contributed by atoms with E-state index in [1.54, 1.807) is 18.6 Å². The number of nitro groups is 1. The number of hydrogen-bond acceptors (Lipinski definition) is 4. The standard InChI is InChI=1S/C19H16N4O3/c1-12-18(14-4-2-3-5-15(14)21-12)19(22-9-8-20-11-22)13-6-7-17(24)16(10-13)23(25)26/h2-11,19,21,24H,1H3. The molecule has 7 heteroatoms. The number of imidazole rings is 1. The fourth-order valence-corrected chi connectivity index (χ4v) is 3.42. The summed E-state index contributed by atoms with van der Waals surface area (Å²) in [6.07, 6.45) is 5.18. The maximum absolute atomic E-state index is 11.3. The van der Waals surface area contributed by atoms with Crippen LogP contribution in [0.5, 0.6) is 5.75 Å². The van der Waals surface area contributed by atoms with Gasteiger partial charge in [-0.05, 0) is 24.6 Å². The number of fused-ring (bicyclic) bond motifs is 1. The molecule has 0 saturated heterocycles. The highest BCUT2D eigenvalue weighted by atomic mass is 16.6. The van der Waals surface area contributed by atoms with Gasteiger partial charge in [-0.1, -0.05) is 24.3 Å². The number of H-pyrrole nitrogens is 1. The summed E-state index contributed by atoms with van der Waals surface area (Å²) in [6.45, 7) is 1.98. The molecule has 2 aromatic heterocycles. The summed E-state index contributed by atoms with van der Waals surface area (Å²) in [4.78, 5) is 18.2. The average Bonchev–Trinajstić information content (AvgIpc) is 3.25. The Labute approximate surface area is 148 Å². The average molecular weight is 348 g/mol. The molecule has 0 bridgehead atoms. The van der Waals surface area contributed by atoms with Crippen LogP contribution < -0.4 is 0 Å². The molecule has 0 radical (unpaired) electrons. The summed E-state index contributed by atoms with van der Waals surface area (Å²) in [5, 5.41) is 22.1. The van der Waals surface area contributed by atoms with Gasteiger partial charge in [-0.3, -0.25) is 10.1 Å². The number of phenolic OH excluding ortho intramolecular Hbond substituents is 1. The summed E-state index contributed by atoms with van der Waals surface area (Å²) < 4.78 is 1.90. The second-order valence-electron chi connectivity index (χ2n) is 6.13. The third kappa shape index (κ3) is 2.50. The Morgan fingerprint density at radius 3 is 2.81 bits per heavy atom. The molecular formula is C19H16N4O3. The van der Waals surface area contributed by atoms with E-state index in [9.17, 15) is 15.2 Å². The maximum Gasteiger partial charge on any atom is 0.311 e. The molecule has 0 amide bonds. The zero-order valence-corrected chi connectivity index (χ0v) is 14.0. The van der Waals surface area contributed by atoms with Gasteiger partial charge >= 0.3 is 5.69 Å². The molecule has 0 aliphatic rings. The number of aromatic amines is 1. The normalized spacial score (nSPS) is 12.3. The van der Waals surface area contributed by atoms with E-state index in [1.165, 1.54) is 12.1 Å². The molecule has 2 aromatic carbocycles. The van der Waals surface area contributed by atoms with Crippen molar-refractivity contribution in [3.63, 3.8) is 0 Å². The lowest BCUT2D eigenvalue weighted by molar-refractivity contribution is -0.385. The Morgan fingerprint density at radius 2 is 2.08 bits per heavy atom. The quantitative estimate of drug-likeness (QED) is 0.431. The molecule has 1 unspecified atom stereocenters. The summed E-state index contributed by atoms with van der Waals surface area (Å²) in [7, 11) is 0. The minimum atomic E-state index is -0.577. The van der Waals surface area contributed by atoms with Crippen LogP contribution in [0.3, 0.4) is 0 Å². The van der Waals surface area contributed by atoms with E-state index in [0.29, 0.717) is 5.56 Å². The number of rotatable bonds is 4. The van der Waals surface area contributed by atoms with Crippen LogP contribution in [0.4, 0.5) is 5.69 Å². The van der Waals surface area contributed by atoms with Crippen LogP contribution in [-0.2, 0) is 0 Å². The molecule has 0 aliphatic carbocycles. The van der Waals surface area contributed by atoms with Crippen molar-refractivity contribution in [3.8, 4) is 5.75 Å². The monoisotopic (exact) mass is 348 g/mol. The van der Waals surface area contributed by atoms with Crippen molar-refractivity contribution in [1.82, 2.24) is 14.5 Å². The van der Waals surface area contributed by atoms with E-state index in [-0.39, 0.29) is 17.5 Å². The first-order valence-corrected chi connectivity index (χ1v) is 8.08. The minimum absolute atomic E-state index is 0.312. The molecular weight excluding hydrogens is 332 g/mol. The van der Waals surface area contributed by atoms with Crippen molar-refractivity contribution >= 4 is 16.6 Å². The fourth-order valence-electron chi connectivity index (χ4n) is 3.42. The Kier molecular flexibility index (Phi) is 3.69. The lowest BCUT2D eigenvalue weighted by atomic mass is 9.95. The predicted octanol–water partition coefficient (Wildman–Crippen LogP) is 3.92. The Balaban J connectivity index is 1.99. The minimum Gasteiger partial charge on any atom is -0.502 e. The summed E-state index contributed by atoms with van der Waals surface area (Å²) in [5.74, 6) is -0.348. The molecule has 0 saturated carbocycles. The molecule has 26 heavy (non-hydrogen) atoms. The molecule has 0 aliphatic heterocycles. The topological polar surface area (TPSA) is 97.0 Å². The Morgan fingerprint density at radius 1 is 1.27 bits per heavy atom. The molecule has 4 rings (SSSR count). The van der Waals surface area contributed by atoms with Crippen LogP contribution in [-0.4, -0.2) is 24.6 Å². The highest BCUT2D eigenvalue weighted by molar-refractivity contribution is 5.85. The molecule has 7 nitrogen and oxygen atoms in total. The van der Waals surface area contributed by atoms with Crippen LogP contribution in [0.15, 0.2) is 61.2 Å². The van der Waals surface area contributed by atoms with Gasteiger partial charge in [0, 0.05) is 40.6 Å². The third-order valence-corrected chi connectivity index (χ3v) is 4.55. The van der Waals surface area contributed by atoms with E-state index in [1.807, 2.05) is 42.0 Å². The van der Waals surface area contributed by atoms with E-state index in [4.69, 9.17) is 0 Å². The number of aryl methyl sites for hydroxylation is 1. The molecule has 130 valence electrons. The van der Waals surface area contributed by atoms with Gasteiger partial charge in [0.2, 0.25) is 0 Å². The van der Waals surface area contributed by atoms with Crippen molar-refractivity contribution in [1.29, 1.82) is 0 Å². The largest absolute Gasteiger partial charge is 0.502 e. The fraction of sp³-hybridized carbons (Fsp3) is 0.105. The molecule has 0 spiro atoms. The van der Waals surface area contributed by atoms with E-state index < -0.39 is 4.92 Å². The number of phenols is 1. The number of hydrogen-bond donors (Lipinski definition) is 2. The first-order valence-electron chi connectivity index (χ1n) is 8.08. The van der Waals surface area contributed by atoms with Gasteiger partial charge in [0.15, 0.2) is 5.75 Å². The van der Waals surface area contributed by atoms with Crippen molar-refractivity contribution in [2.45, 2.75) is 13.0 Å². The van der Waals surface area contributed by atoms with Gasteiger partial charge in [0.1, 0.15) is 0 Å². The highest BCUT2D eigenvalue weighted by Crippen LogP contribution is 2.37. The van der Waals surface area contributed by atoms with Gasteiger partial charge in [-0.2, -0.15) is 0 Å². The van der Waals surface area contributed by atoms with E-state index in [0.717, 1.165) is 22.2 Å². The van der Waals surface area contributed by atoms with Gasteiger partial charge in [-0.15, -0.1) is 0 Å². The molecule has 2 heterocycles. The second-order valence-corrected chi connectivity index (χ2v) is 6.13. The molecule has 1 atom stereocenters. The van der Waals surface area contributed by atoms with E-state index in [2.05, 4.69) is 9.97 Å². The Bertz CT molecular complexity index is 1100. The van der Waals surface area contributed by atoms with Crippen LogP contribution >= 0.6 is 0 Å². The lowest BCUT2D eigenvalue weighted by Crippen LogP contribution is -2.12. The van der Waals surface area contributed by atoms with Crippen LogP contribution in [0, 0.1) is 17.0 Å². The van der Waals surface area contributed by atoms with Gasteiger partial charge in [-0.25, -0.2) is 4.98 Å². The zero-order chi connectivity index (χ0) is 18.3. The second kappa shape index (κ2) is 6.03. The smallest absolute Gasteiger partial charge is 0.311 e. The summed E-state index contributed by atoms with van der Waals surface area (Å²) in [5.41, 5.74) is 3.36. The SMILES string of the molecule is Cc1[nH]c2ccccc2c1C(c1ccc(O)c([N+](=O)[O-])c1)n1ccnc1. The number of nitrogens with zero attached hydrogens (tertiary/aromatic N) is 3. The highest BCUT2D eigenvalue weighted by Gasteiger charge is 2.25. The lowest BCUT2D eigenvalue weighted by Gasteiger charge is -2.20. The number of benzene rings is 2. The van der Waals surface area contributed by atoms with Crippen molar-refractivity contribution in [3.05, 3.63) is 88.1 Å². The summed E-state index contributed by atoms with van der Waals surface area (Å²) >= 11 is 0. The predicted molar refractivity (Wildman–Crippen MR) is 97.3 cm³/mol. The maximum atomic E-state index is 11.3. The van der Waals surface area contributed by atoms with Crippen molar-refractivity contribution in [2.75, 3.05) is 0 Å². The van der Waals surface area contributed by atoms with Crippen LogP contribution in [0.25, 0.3) is 10.9 Å². The van der Waals surface area contributed by atoms with Crippen molar-refractivity contribution in [2.24, 2.45) is 0 Å². The van der Waals surface area contributed by atoms with Gasteiger partial charge < -0.3 is 14.7 Å². The van der Waals surface area contributed by atoms with Gasteiger partial charge in [0.25, 0.3) is 0 Å². The van der Waals surface area contributed by atoms with Gasteiger partial charge in [0.05, 0.1) is 17.3 Å². The molecule has 0 fully saturated rings. The third-order valence-electron chi connectivity index (χ3n) is 4.55. The number of aromatic nitrogens is 3. The molecule has 2 N–H and O–H groups in total. The number of nitro benzene ring substituents is 1. The zero-order valence-electron chi connectivity index (χ0n) is 14.0. The van der Waals surface area contributed by atoms with E-state index >= 15 is 0 Å². The van der Waals surface area contributed by atoms with Crippen molar-refractivity contribution < 1.29 is 10.0 Å². The first-order chi connectivity index (χ1) is 12.6. The Hall–Kier alpha value is -3.61. The number of para-hydroxylation sites is 1. The summed E-state index contributed by atoms with van der Waals surface area (Å²) in [6, 6.07) is 12.1. The first kappa shape index (κ1) is 15.9. The van der Waals surface area contributed by atoms with Crippen LogP contribution in [0.2, 0.25) is 0 Å². The number of aromatic hydroxyl groups is 1. The van der Waals surface area contributed by atoms with Crippen LogP contribution in [0.1, 0.15) is 22.9 Å². The number of nitrogens with one attached hydrogen (secondary N) is 1.